The first-order valence-electron chi connectivity index (χ1n) is 10.3. The molecule has 160 valence electrons. The van der Waals surface area contributed by atoms with Crippen LogP contribution in [0.3, 0.4) is 0 Å². The molecule has 3 aromatic carbocycles. The third kappa shape index (κ3) is 4.93. The van der Waals surface area contributed by atoms with E-state index in [1.165, 1.54) is 24.3 Å². The number of nitriles is 1. The molecule has 0 atom stereocenters. The maximum Gasteiger partial charge on any atom is 0.335 e. The second-order valence-electron chi connectivity index (χ2n) is 6.91. The maximum absolute atomic E-state index is 13.2. The molecule has 0 fully saturated rings. The lowest BCUT2D eigenvalue weighted by atomic mass is 10.0. The van der Waals surface area contributed by atoms with E-state index in [0.29, 0.717) is 17.7 Å². The molecule has 0 saturated carbocycles. The fourth-order valence-corrected chi connectivity index (χ4v) is 3.44. The summed E-state index contributed by atoms with van der Waals surface area (Å²) in [7, 11) is 0. The Morgan fingerprint density at radius 3 is 2.25 bits per heavy atom. The Morgan fingerprint density at radius 1 is 1.00 bits per heavy atom. The molecule has 4 rings (SSSR count). The first kappa shape index (κ1) is 22.5. The van der Waals surface area contributed by atoms with Gasteiger partial charge in [0.2, 0.25) is 0 Å². The number of halogens is 1. The van der Waals surface area contributed by atoms with Gasteiger partial charge in [-0.15, -0.1) is 0 Å². The Balaban J connectivity index is 0.00000141. The van der Waals surface area contributed by atoms with Crippen molar-refractivity contribution in [3.63, 3.8) is 0 Å². The lowest BCUT2D eigenvalue weighted by Crippen LogP contribution is -1.97. The van der Waals surface area contributed by atoms with Gasteiger partial charge in [-0.1, -0.05) is 56.3 Å². The monoisotopic (exact) mass is 426 g/mol. The minimum Gasteiger partial charge on any atom is -0.478 e. The van der Waals surface area contributed by atoms with E-state index in [4.69, 9.17) is 5.11 Å². The number of rotatable bonds is 5. The van der Waals surface area contributed by atoms with E-state index in [1.807, 2.05) is 44.3 Å². The summed E-state index contributed by atoms with van der Waals surface area (Å²) in [5, 5.41) is 19.7. The third-order valence-electron chi connectivity index (χ3n) is 4.95. The van der Waals surface area contributed by atoms with Gasteiger partial charge in [0.1, 0.15) is 5.82 Å². The largest absolute Gasteiger partial charge is 0.478 e. The number of benzene rings is 3. The number of carbonyl (C=O) groups is 1. The lowest BCUT2D eigenvalue weighted by Gasteiger charge is -2.05. The SMILES string of the molecule is CC.N#C/C(=C\c1cn(Cc2ccc(F)cc2)c2ccccc12)c1ccc(C(=O)O)cc1. The van der Waals surface area contributed by atoms with Crippen LogP contribution in [0.5, 0.6) is 0 Å². The van der Waals surface area contributed by atoms with E-state index >= 15 is 0 Å². The van der Waals surface area contributed by atoms with E-state index in [9.17, 15) is 14.4 Å². The Kier molecular flexibility index (Phi) is 7.20. The highest BCUT2D eigenvalue weighted by atomic mass is 19.1. The van der Waals surface area contributed by atoms with Crippen molar-refractivity contribution in [2.24, 2.45) is 0 Å². The fraction of sp³-hybridized carbons (Fsp3) is 0.111. The summed E-state index contributed by atoms with van der Waals surface area (Å²) in [6, 6.07) is 22.7. The van der Waals surface area contributed by atoms with Gasteiger partial charge < -0.3 is 9.67 Å². The molecule has 4 nitrogen and oxygen atoms in total. The summed E-state index contributed by atoms with van der Waals surface area (Å²) in [4.78, 5) is 11.1. The topological polar surface area (TPSA) is 66.0 Å². The number of nitrogens with zero attached hydrogens (tertiary/aromatic N) is 2. The molecule has 1 aromatic heterocycles. The highest BCUT2D eigenvalue weighted by Gasteiger charge is 2.10. The zero-order valence-electron chi connectivity index (χ0n) is 17.9. The van der Waals surface area contributed by atoms with E-state index in [2.05, 4.69) is 10.6 Å². The van der Waals surface area contributed by atoms with Gasteiger partial charge in [-0.2, -0.15) is 5.26 Å². The summed E-state index contributed by atoms with van der Waals surface area (Å²) >= 11 is 0. The number of aromatic carboxylic acids is 1. The minimum atomic E-state index is -1.01. The summed E-state index contributed by atoms with van der Waals surface area (Å²) in [6.07, 6.45) is 3.77. The van der Waals surface area contributed by atoms with Crippen molar-refractivity contribution in [2.45, 2.75) is 20.4 Å². The van der Waals surface area contributed by atoms with E-state index in [1.54, 1.807) is 30.3 Å². The van der Waals surface area contributed by atoms with Crippen LogP contribution in [-0.4, -0.2) is 15.6 Å². The number of carboxylic acid groups (broad SMARTS) is 1. The number of carboxylic acids is 1. The van der Waals surface area contributed by atoms with Gasteiger partial charge in [0.05, 0.1) is 17.2 Å². The molecule has 1 N–H and O–H groups in total. The molecule has 4 aromatic rings. The molecule has 0 aliphatic rings. The Bertz CT molecular complexity index is 1290. The Morgan fingerprint density at radius 2 is 1.62 bits per heavy atom. The standard InChI is InChI=1S/C25H17FN2O2.C2H6/c26-22-11-5-17(6-12-22)15-28-16-21(23-3-1-2-4-24(23)28)13-20(14-27)18-7-9-19(10-8-18)25(29)30;1-2/h1-13,16H,15H2,(H,29,30);1-2H3/b20-13+;. The molecule has 0 bridgehead atoms. The third-order valence-corrected chi connectivity index (χ3v) is 4.95. The number of allylic oxidation sites excluding steroid dienone is 1. The first-order valence-corrected chi connectivity index (χ1v) is 10.3. The van der Waals surface area contributed by atoms with Gasteiger partial charge >= 0.3 is 5.97 Å². The fourth-order valence-electron chi connectivity index (χ4n) is 3.44. The molecule has 32 heavy (non-hydrogen) atoms. The molecule has 0 radical (unpaired) electrons. The molecule has 5 heteroatoms. The molecule has 1 heterocycles. The summed E-state index contributed by atoms with van der Waals surface area (Å²) in [5.41, 5.74) is 4.12. The number of aromatic nitrogens is 1. The molecule has 0 spiro atoms. The van der Waals surface area contributed by atoms with Crippen molar-refractivity contribution in [1.29, 1.82) is 5.26 Å². The molecular weight excluding hydrogens is 403 g/mol. The zero-order chi connectivity index (χ0) is 23.1. The van der Waals surface area contributed by atoms with E-state index in [0.717, 1.165) is 22.0 Å². The van der Waals surface area contributed by atoms with Crippen molar-refractivity contribution in [3.8, 4) is 6.07 Å². The summed E-state index contributed by atoms with van der Waals surface area (Å²) in [5.74, 6) is -1.28. The van der Waals surface area contributed by atoms with Crippen molar-refractivity contribution in [1.82, 2.24) is 4.57 Å². The quantitative estimate of drug-likeness (QED) is 0.365. The smallest absolute Gasteiger partial charge is 0.335 e. The van der Waals surface area contributed by atoms with Gasteiger partial charge in [0, 0.05) is 29.2 Å². The van der Waals surface area contributed by atoms with Gasteiger partial charge in [-0.25, -0.2) is 9.18 Å². The maximum atomic E-state index is 13.2. The summed E-state index contributed by atoms with van der Waals surface area (Å²) in [6.45, 7) is 4.57. The Labute approximate surface area is 186 Å². The molecule has 0 aliphatic heterocycles. The van der Waals surface area contributed by atoms with Crippen molar-refractivity contribution < 1.29 is 14.3 Å². The second kappa shape index (κ2) is 10.2. The predicted octanol–water partition coefficient (Wildman–Crippen LogP) is 6.62. The van der Waals surface area contributed by atoms with Crippen LogP contribution in [0.15, 0.2) is 79.0 Å². The van der Waals surface area contributed by atoms with Crippen LogP contribution in [0, 0.1) is 17.1 Å². The van der Waals surface area contributed by atoms with E-state index < -0.39 is 5.97 Å². The first-order chi connectivity index (χ1) is 15.5. The van der Waals surface area contributed by atoms with Crippen LogP contribution >= 0.6 is 0 Å². The number of fused-ring (bicyclic) bond motifs is 1. The van der Waals surface area contributed by atoms with Crippen LogP contribution in [0.2, 0.25) is 0 Å². The molecule has 0 saturated heterocycles. The Hall–Kier alpha value is -4.17. The van der Waals surface area contributed by atoms with Gasteiger partial charge in [-0.05, 0) is 47.5 Å². The summed E-state index contributed by atoms with van der Waals surface area (Å²) < 4.78 is 15.3. The number of hydrogen-bond acceptors (Lipinski definition) is 2. The van der Waals surface area contributed by atoms with Crippen LogP contribution in [0.1, 0.15) is 40.9 Å². The highest BCUT2D eigenvalue weighted by Crippen LogP contribution is 2.27. The zero-order valence-corrected chi connectivity index (χ0v) is 17.9. The highest BCUT2D eigenvalue weighted by molar-refractivity contribution is 5.98. The van der Waals surface area contributed by atoms with Gasteiger partial charge in [0.15, 0.2) is 0 Å². The van der Waals surface area contributed by atoms with Gasteiger partial charge in [-0.3, -0.25) is 0 Å². The average molecular weight is 426 g/mol. The van der Waals surface area contributed by atoms with Crippen LogP contribution < -0.4 is 0 Å². The average Bonchev–Trinajstić information content (AvgIpc) is 3.17. The lowest BCUT2D eigenvalue weighted by molar-refractivity contribution is 0.0697. The van der Waals surface area contributed by atoms with Crippen LogP contribution in [0.4, 0.5) is 4.39 Å². The molecule has 0 amide bonds. The van der Waals surface area contributed by atoms with Crippen LogP contribution in [-0.2, 0) is 6.54 Å². The van der Waals surface area contributed by atoms with Crippen molar-refractivity contribution >= 4 is 28.5 Å². The number of para-hydroxylation sites is 1. The number of hydrogen-bond donors (Lipinski definition) is 1. The normalized spacial score (nSPS) is 10.9. The molecule has 0 unspecified atom stereocenters. The molecular formula is C27H23FN2O2. The minimum absolute atomic E-state index is 0.173. The van der Waals surface area contributed by atoms with Crippen molar-refractivity contribution in [2.75, 3.05) is 0 Å². The van der Waals surface area contributed by atoms with E-state index in [-0.39, 0.29) is 11.4 Å². The van der Waals surface area contributed by atoms with Crippen molar-refractivity contribution in [3.05, 3.63) is 107 Å². The molecule has 0 aliphatic carbocycles. The van der Waals surface area contributed by atoms with Crippen LogP contribution in [0.25, 0.3) is 22.6 Å². The predicted molar refractivity (Wildman–Crippen MR) is 126 cm³/mol. The van der Waals surface area contributed by atoms with Gasteiger partial charge in [0.25, 0.3) is 0 Å². The second-order valence-corrected chi connectivity index (χ2v) is 6.91.